The standard InChI is InChI=1S/C18H24N2O4.ClH/c1-17(2)14-13(8-5-9-24-14)18(17,19)16(22)20-12-7-4-6-11(10-12)15(21)23-3;/h4,6-7,10,13-14H,5,8-9,19H2,1-3H3,(H,20,22);1H. The number of carbonyl (C=O) groups excluding carboxylic acids is 2. The van der Waals surface area contributed by atoms with Gasteiger partial charge >= 0.3 is 5.97 Å². The molecule has 0 radical (unpaired) electrons. The fraction of sp³-hybridized carbons (Fsp3) is 0.556. The number of amides is 1. The van der Waals surface area contributed by atoms with Crippen molar-refractivity contribution in [1.82, 2.24) is 0 Å². The van der Waals surface area contributed by atoms with E-state index in [9.17, 15) is 9.59 Å². The number of anilines is 1. The van der Waals surface area contributed by atoms with E-state index in [-0.39, 0.29) is 30.3 Å². The monoisotopic (exact) mass is 368 g/mol. The Labute approximate surface area is 153 Å². The van der Waals surface area contributed by atoms with Crippen LogP contribution in [0, 0.1) is 11.3 Å². The number of halogens is 1. The van der Waals surface area contributed by atoms with Crippen LogP contribution >= 0.6 is 12.4 Å². The van der Waals surface area contributed by atoms with Gasteiger partial charge in [-0.3, -0.25) is 4.79 Å². The minimum atomic E-state index is -0.987. The molecule has 1 aliphatic carbocycles. The number of methoxy groups -OCH3 is 1. The van der Waals surface area contributed by atoms with Gasteiger partial charge in [-0.1, -0.05) is 19.9 Å². The summed E-state index contributed by atoms with van der Waals surface area (Å²) >= 11 is 0. The quantitative estimate of drug-likeness (QED) is 0.799. The van der Waals surface area contributed by atoms with Gasteiger partial charge in [0.15, 0.2) is 0 Å². The Hall–Kier alpha value is -1.63. The molecule has 7 heteroatoms. The van der Waals surface area contributed by atoms with Crippen LogP contribution in [0.15, 0.2) is 24.3 Å². The molecule has 1 saturated heterocycles. The molecule has 0 spiro atoms. The van der Waals surface area contributed by atoms with Crippen LogP contribution in [0.25, 0.3) is 0 Å². The lowest BCUT2D eigenvalue weighted by molar-refractivity contribution is -0.222. The molecule has 0 aromatic heterocycles. The van der Waals surface area contributed by atoms with Crippen LogP contribution in [0.5, 0.6) is 0 Å². The van der Waals surface area contributed by atoms with E-state index in [0.717, 1.165) is 19.4 Å². The summed E-state index contributed by atoms with van der Waals surface area (Å²) in [4.78, 5) is 24.6. The van der Waals surface area contributed by atoms with Gasteiger partial charge in [0.2, 0.25) is 5.91 Å². The highest BCUT2D eigenvalue weighted by Gasteiger charge is 2.70. The Bertz CT molecular complexity index is 679. The van der Waals surface area contributed by atoms with Crippen molar-refractivity contribution in [2.45, 2.75) is 38.3 Å². The zero-order valence-electron chi connectivity index (χ0n) is 14.7. The molecule has 1 aromatic rings. The first kappa shape index (κ1) is 19.7. The highest BCUT2D eigenvalue weighted by atomic mass is 35.5. The number of hydrogen-bond donors (Lipinski definition) is 2. The van der Waals surface area contributed by atoms with E-state index in [0.29, 0.717) is 11.3 Å². The Balaban J connectivity index is 0.00000225. The molecule has 25 heavy (non-hydrogen) atoms. The average molecular weight is 369 g/mol. The van der Waals surface area contributed by atoms with E-state index in [4.69, 9.17) is 15.2 Å². The van der Waals surface area contributed by atoms with Gasteiger partial charge in [-0.25, -0.2) is 4.79 Å². The summed E-state index contributed by atoms with van der Waals surface area (Å²) in [6.45, 7) is 4.68. The maximum atomic E-state index is 12.9. The molecular formula is C18H25ClN2O4. The molecule has 3 unspecified atom stereocenters. The maximum absolute atomic E-state index is 12.9. The Morgan fingerprint density at radius 3 is 2.76 bits per heavy atom. The topological polar surface area (TPSA) is 90.7 Å². The van der Waals surface area contributed by atoms with Gasteiger partial charge in [-0.15, -0.1) is 12.4 Å². The smallest absolute Gasteiger partial charge is 0.337 e. The van der Waals surface area contributed by atoms with Crippen LogP contribution in [-0.4, -0.2) is 37.2 Å². The highest BCUT2D eigenvalue weighted by Crippen LogP contribution is 2.57. The Kier molecular flexibility index (Phi) is 5.47. The molecule has 1 amide bonds. The predicted octanol–water partition coefficient (Wildman–Crippen LogP) is 2.37. The number of esters is 1. The molecule has 1 heterocycles. The van der Waals surface area contributed by atoms with Crippen LogP contribution in [0.4, 0.5) is 5.69 Å². The number of nitrogens with two attached hydrogens (primary N) is 1. The second kappa shape index (κ2) is 6.94. The van der Waals surface area contributed by atoms with Gasteiger partial charge in [-0.05, 0) is 31.0 Å². The number of hydrogen-bond acceptors (Lipinski definition) is 5. The number of carbonyl (C=O) groups is 2. The first-order valence-corrected chi connectivity index (χ1v) is 8.22. The minimum absolute atomic E-state index is 0. The first-order valence-electron chi connectivity index (χ1n) is 8.22. The second-order valence-corrected chi connectivity index (χ2v) is 7.16. The molecule has 6 nitrogen and oxygen atoms in total. The van der Waals surface area contributed by atoms with Gasteiger partial charge < -0.3 is 20.5 Å². The van der Waals surface area contributed by atoms with Crippen molar-refractivity contribution in [3.05, 3.63) is 29.8 Å². The van der Waals surface area contributed by atoms with Gasteiger partial charge in [0.1, 0.15) is 5.54 Å². The number of ether oxygens (including phenoxy) is 2. The van der Waals surface area contributed by atoms with E-state index >= 15 is 0 Å². The lowest BCUT2D eigenvalue weighted by Gasteiger charge is -2.65. The molecule has 3 rings (SSSR count). The van der Waals surface area contributed by atoms with E-state index < -0.39 is 16.9 Å². The predicted molar refractivity (Wildman–Crippen MR) is 96.8 cm³/mol. The van der Waals surface area contributed by atoms with Crippen LogP contribution in [0.2, 0.25) is 0 Å². The zero-order valence-corrected chi connectivity index (χ0v) is 15.5. The fourth-order valence-corrected chi connectivity index (χ4v) is 4.11. The summed E-state index contributed by atoms with van der Waals surface area (Å²) in [7, 11) is 1.32. The van der Waals surface area contributed by atoms with E-state index in [1.807, 2.05) is 13.8 Å². The van der Waals surface area contributed by atoms with Crippen molar-refractivity contribution in [1.29, 1.82) is 0 Å². The molecule has 1 aliphatic heterocycles. The summed E-state index contributed by atoms with van der Waals surface area (Å²) in [5.74, 6) is -0.662. The van der Waals surface area contributed by atoms with Gasteiger partial charge in [0.05, 0.1) is 18.8 Å². The van der Waals surface area contributed by atoms with Crippen molar-refractivity contribution in [3.8, 4) is 0 Å². The largest absolute Gasteiger partial charge is 0.465 e. The molecule has 2 fully saturated rings. The van der Waals surface area contributed by atoms with Crippen LogP contribution in [0.1, 0.15) is 37.0 Å². The average Bonchev–Trinajstić information content (AvgIpc) is 2.60. The van der Waals surface area contributed by atoms with Crippen molar-refractivity contribution >= 4 is 30.0 Å². The third kappa shape index (κ3) is 2.92. The molecule has 2 aliphatic rings. The fourth-order valence-electron chi connectivity index (χ4n) is 4.11. The lowest BCUT2D eigenvalue weighted by atomic mass is 9.46. The lowest BCUT2D eigenvalue weighted by Crippen LogP contribution is -2.81. The molecule has 1 aromatic carbocycles. The van der Waals surface area contributed by atoms with Crippen LogP contribution in [0.3, 0.4) is 0 Å². The molecule has 3 N–H and O–H groups in total. The molecule has 0 bridgehead atoms. The summed E-state index contributed by atoms with van der Waals surface area (Å²) in [6, 6.07) is 6.66. The second-order valence-electron chi connectivity index (χ2n) is 7.16. The van der Waals surface area contributed by atoms with Gasteiger partial charge in [0.25, 0.3) is 0 Å². The minimum Gasteiger partial charge on any atom is -0.465 e. The van der Waals surface area contributed by atoms with E-state index in [1.54, 1.807) is 24.3 Å². The van der Waals surface area contributed by atoms with E-state index in [1.165, 1.54) is 7.11 Å². The summed E-state index contributed by atoms with van der Waals surface area (Å²) < 4.78 is 10.5. The molecular weight excluding hydrogens is 344 g/mol. The summed E-state index contributed by atoms with van der Waals surface area (Å²) in [6.07, 6.45) is 1.82. The van der Waals surface area contributed by atoms with E-state index in [2.05, 4.69) is 5.32 Å². The maximum Gasteiger partial charge on any atom is 0.337 e. The summed E-state index contributed by atoms with van der Waals surface area (Å²) in [5.41, 5.74) is 6.05. The number of fused-ring (bicyclic) bond motifs is 1. The zero-order chi connectivity index (χ0) is 17.5. The molecule has 3 atom stereocenters. The number of benzene rings is 1. The summed E-state index contributed by atoms with van der Waals surface area (Å²) in [5, 5.41) is 2.87. The third-order valence-electron chi connectivity index (χ3n) is 5.60. The van der Waals surface area contributed by atoms with Gasteiger partial charge in [-0.2, -0.15) is 0 Å². The highest BCUT2D eigenvalue weighted by molar-refractivity contribution is 6.01. The third-order valence-corrected chi connectivity index (χ3v) is 5.60. The SMILES string of the molecule is COC(=O)c1cccc(NC(=O)C2(N)C3CCCOC3C2(C)C)c1.Cl. The van der Waals surface area contributed by atoms with Crippen molar-refractivity contribution in [2.75, 3.05) is 19.0 Å². The Morgan fingerprint density at radius 1 is 1.36 bits per heavy atom. The molecule has 1 saturated carbocycles. The van der Waals surface area contributed by atoms with Crippen molar-refractivity contribution < 1.29 is 19.1 Å². The van der Waals surface area contributed by atoms with Crippen molar-refractivity contribution in [2.24, 2.45) is 17.1 Å². The number of rotatable bonds is 3. The van der Waals surface area contributed by atoms with Gasteiger partial charge in [0, 0.05) is 23.6 Å². The van der Waals surface area contributed by atoms with Crippen LogP contribution < -0.4 is 11.1 Å². The van der Waals surface area contributed by atoms with Crippen LogP contribution in [-0.2, 0) is 14.3 Å². The first-order chi connectivity index (χ1) is 11.3. The van der Waals surface area contributed by atoms with Crippen molar-refractivity contribution in [3.63, 3.8) is 0 Å². The Morgan fingerprint density at radius 2 is 2.08 bits per heavy atom. The normalized spacial score (nSPS) is 29.4. The number of nitrogens with one attached hydrogen (secondary N) is 1. The molecule has 138 valence electrons.